The van der Waals surface area contributed by atoms with Gasteiger partial charge < -0.3 is 15.5 Å². The van der Waals surface area contributed by atoms with E-state index in [4.69, 9.17) is 0 Å². The van der Waals surface area contributed by atoms with Crippen molar-refractivity contribution in [3.05, 3.63) is 24.3 Å². The van der Waals surface area contributed by atoms with Crippen molar-refractivity contribution in [2.24, 2.45) is 0 Å². The van der Waals surface area contributed by atoms with E-state index in [-0.39, 0.29) is 12.5 Å². The van der Waals surface area contributed by atoms with Crippen LogP contribution >= 0.6 is 0 Å². The van der Waals surface area contributed by atoms with E-state index in [1.54, 1.807) is 0 Å². The van der Waals surface area contributed by atoms with E-state index in [0.717, 1.165) is 38.5 Å². The highest BCUT2D eigenvalue weighted by atomic mass is 16.3. The van der Waals surface area contributed by atoms with Crippen LogP contribution < -0.4 is 5.32 Å². The lowest BCUT2D eigenvalue weighted by Gasteiger charge is -2.22. The normalized spacial score (nSPS) is 13.4. The van der Waals surface area contributed by atoms with E-state index >= 15 is 0 Å². The number of rotatable bonds is 32. The zero-order valence-electron chi connectivity index (χ0n) is 27.6. The Bertz CT molecular complexity index is 589. The fourth-order valence-electron chi connectivity index (χ4n) is 5.39. The van der Waals surface area contributed by atoms with E-state index < -0.39 is 12.1 Å². The molecule has 0 aromatic heterocycles. The van der Waals surface area contributed by atoms with Crippen molar-refractivity contribution < 1.29 is 15.0 Å². The van der Waals surface area contributed by atoms with Crippen LogP contribution in [0.15, 0.2) is 24.3 Å². The fraction of sp³-hybridized carbons (Fsp3) is 0.865. The number of aliphatic hydroxyl groups is 2. The zero-order chi connectivity index (χ0) is 30.1. The van der Waals surface area contributed by atoms with Gasteiger partial charge in [-0.1, -0.05) is 160 Å². The Balaban J connectivity index is 3.40. The third-order valence-corrected chi connectivity index (χ3v) is 8.22. The molecule has 0 spiro atoms. The number of amides is 1. The molecule has 0 aliphatic rings. The van der Waals surface area contributed by atoms with Crippen molar-refractivity contribution in [3.8, 4) is 0 Å². The van der Waals surface area contributed by atoms with Crippen molar-refractivity contribution in [3.63, 3.8) is 0 Å². The molecule has 0 saturated heterocycles. The lowest BCUT2D eigenvalue weighted by Crippen LogP contribution is -2.45. The number of nitrogens with one attached hydrogen (secondary N) is 1. The highest BCUT2D eigenvalue weighted by molar-refractivity contribution is 5.76. The maximum absolute atomic E-state index is 12.2. The van der Waals surface area contributed by atoms with Gasteiger partial charge in [-0.3, -0.25) is 4.79 Å². The smallest absolute Gasteiger partial charge is 0.220 e. The standard InChI is InChI=1S/C37H71NO3/c1-3-5-7-9-10-11-12-13-14-15-16-17-18-19-20-21-22-23-24-25-26-27-28-29-31-33-37(41)38-35(34-39)36(40)32-30-8-6-4-2/h12-13,15-16,35-36,39-40H,3-11,14,17-34H2,1-2H3,(H,38,41)/b13-12-,16-15-. The number of carbonyl (C=O) groups is 1. The van der Waals surface area contributed by atoms with E-state index in [9.17, 15) is 15.0 Å². The molecule has 0 heterocycles. The predicted molar refractivity (Wildman–Crippen MR) is 179 cm³/mol. The van der Waals surface area contributed by atoms with Gasteiger partial charge in [-0.2, -0.15) is 0 Å². The second-order valence-corrected chi connectivity index (χ2v) is 12.3. The Morgan fingerprint density at radius 2 is 1.00 bits per heavy atom. The first kappa shape index (κ1) is 39.9. The molecular formula is C37H71NO3. The van der Waals surface area contributed by atoms with E-state index in [1.807, 2.05) is 0 Å². The minimum Gasteiger partial charge on any atom is -0.394 e. The van der Waals surface area contributed by atoms with E-state index in [2.05, 4.69) is 43.5 Å². The van der Waals surface area contributed by atoms with Crippen molar-refractivity contribution in [1.29, 1.82) is 0 Å². The van der Waals surface area contributed by atoms with Gasteiger partial charge in [0.15, 0.2) is 0 Å². The number of hydrogen-bond acceptors (Lipinski definition) is 3. The maximum Gasteiger partial charge on any atom is 0.220 e. The molecule has 0 bridgehead atoms. The van der Waals surface area contributed by atoms with Gasteiger partial charge in [0.1, 0.15) is 0 Å². The lowest BCUT2D eigenvalue weighted by molar-refractivity contribution is -0.123. The molecular weight excluding hydrogens is 506 g/mol. The first-order chi connectivity index (χ1) is 20.2. The Morgan fingerprint density at radius 1 is 0.585 bits per heavy atom. The molecule has 242 valence electrons. The lowest BCUT2D eigenvalue weighted by atomic mass is 10.0. The summed E-state index contributed by atoms with van der Waals surface area (Å²) in [5, 5.41) is 22.6. The minimum atomic E-state index is -0.652. The highest BCUT2D eigenvalue weighted by Crippen LogP contribution is 2.14. The van der Waals surface area contributed by atoms with Gasteiger partial charge >= 0.3 is 0 Å². The quantitative estimate of drug-likeness (QED) is 0.0550. The molecule has 4 heteroatoms. The molecule has 0 aromatic carbocycles. The van der Waals surface area contributed by atoms with Gasteiger partial charge in [-0.25, -0.2) is 0 Å². The van der Waals surface area contributed by atoms with Crippen LogP contribution in [0.2, 0.25) is 0 Å². The second kappa shape index (κ2) is 33.4. The molecule has 2 atom stereocenters. The number of allylic oxidation sites excluding steroid dienone is 4. The monoisotopic (exact) mass is 578 g/mol. The topological polar surface area (TPSA) is 69.6 Å². The molecule has 0 fully saturated rings. The highest BCUT2D eigenvalue weighted by Gasteiger charge is 2.19. The number of aliphatic hydroxyl groups excluding tert-OH is 2. The van der Waals surface area contributed by atoms with Gasteiger partial charge in [0, 0.05) is 6.42 Å². The molecule has 1 amide bonds. The van der Waals surface area contributed by atoms with E-state index in [0.29, 0.717) is 12.8 Å². The average molecular weight is 578 g/mol. The van der Waals surface area contributed by atoms with Crippen LogP contribution in [0.3, 0.4) is 0 Å². The minimum absolute atomic E-state index is 0.0420. The number of carbonyl (C=O) groups excluding carboxylic acids is 1. The Kier molecular flexibility index (Phi) is 32.5. The van der Waals surface area contributed by atoms with Crippen molar-refractivity contribution >= 4 is 5.91 Å². The Morgan fingerprint density at radius 3 is 1.46 bits per heavy atom. The van der Waals surface area contributed by atoms with Crippen LogP contribution in [0.1, 0.15) is 187 Å². The molecule has 4 nitrogen and oxygen atoms in total. The molecule has 0 rings (SSSR count). The summed E-state index contributed by atoms with van der Waals surface area (Å²) in [5.41, 5.74) is 0. The molecule has 3 N–H and O–H groups in total. The molecule has 41 heavy (non-hydrogen) atoms. The van der Waals surface area contributed by atoms with Gasteiger partial charge in [-0.05, 0) is 44.9 Å². The average Bonchev–Trinajstić information content (AvgIpc) is 2.98. The van der Waals surface area contributed by atoms with Crippen LogP contribution in [0, 0.1) is 0 Å². The van der Waals surface area contributed by atoms with Gasteiger partial charge in [-0.15, -0.1) is 0 Å². The van der Waals surface area contributed by atoms with Crippen LogP contribution in [0.5, 0.6) is 0 Å². The van der Waals surface area contributed by atoms with Gasteiger partial charge in [0.2, 0.25) is 5.91 Å². The summed E-state index contributed by atoms with van der Waals surface area (Å²) in [7, 11) is 0. The summed E-state index contributed by atoms with van der Waals surface area (Å²) < 4.78 is 0. The van der Waals surface area contributed by atoms with Gasteiger partial charge in [0.25, 0.3) is 0 Å². The first-order valence-corrected chi connectivity index (χ1v) is 18.0. The Labute approximate surface area is 256 Å². The van der Waals surface area contributed by atoms with Gasteiger partial charge in [0.05, 0.1) is 18.8 Å². The second-order valence-electron chi connectivity index (χ2n) is 12.3. The molecule has 2 unspecified atom stereocenters. The number of hydrogen-bond donors (Lipinski definition) is 3. The van der Waals surface area contributed by atoms with Crippen molar-refractivity contribution in [2.45, 2.75) is 199 Å². The number of unbranched alkanes of at least 4 members (excludes halogenated alkanes) is 21. The molecule has 0 saturated carbocycles. The van der Waals surface area contributed by atoms with Crippen molar-refractivity contribution in [2.75, 3.05) is 6.61 Å². The summed E-state index contributed by atoms with van der Waals surface area (Å²) in [5.74, 6) is -0.0420. The maximum atomic E-state index is 12.2. The largest absolute Gasteiger partial charge is 0.394 e. The molecule has 0 aromatic rings. The molecule has 0 radical (unpaired) electrons. The summed E-state index contributed by atoms with van der Waals surface area (Å²) in [6.07, 6.45) is 41.4. The van der Waals surface area contributed by atoms with Crippen LogP contribution in [-0.2, 0) is 4.79 Å². The predicted octanol–water partition coefficient (Wildman–Crippen LogP) is 10.5. The van der Waals surface area contributed by atoms with Crippen molar-refractivity contribution in [1.82, 2.24) is 5.32 Å². The Hall–Kier alpha value is -1.13. The van der Waals surface area contributed by atoms with Crippen LogP contribution in [-0.4, -0.2) is 34.9 Å². The van der Waals surface area contributed by atoms with E-state index in [1.165, 1.54) is 122 Å². The fourth-order valence-corrected chi connectivity index (χ4v) is 5.39. The third kappa shape index (κ3) is 30.1. The SMILES string of the molecule is CCCCCCC/C=C\C/C=C\CCCCCCCCCCCCCCCC(=O)NC(CO)C(O)CCCCCC. The summed E-state index contributed by atoms with van der Waals surface area (Å²) in [6.45, 7) is 4.23. The summed E-state index contributed by atoms with van der Waals surface area (Å²) in [6, 6.07) is -0.529. The third-order valence-electron chi connectivity index (χ3n) is 8.22. The molecule has 0 aliphatic heterocycles. The molecule has 0 aliphatic carbocycles. The zero-order valence-corrected chi connectivity index (χ0v) is 27.6. The summed E-state index contributed by atoms with van der Waals surface area (Å²) in [4.78, 5) is 12.2. The first-order valence-electron chi connectivity index (χ1n) is 18.0. The van der Waals surface area contributed by atoms with Crippen LogP contribution in [0.4, 0.5) is 0 Å². The summed E-state index contributed by atoms with van der Waals surface area (Å²) >= 11 is 0. The van der Waals surface area contributed by atoms with Crippen LogP contribution in [0.25, 0.3) is 0 Å².